The van der Waals surface area contributed by atoms with Crippen LogP contribution in [0, 0.1) is 6.92 Å². The third kappa shape index (κ3) is 1.68. The first kappa shape index (κ1) is 9.98. The Labute approximate surface area is 87.1 Å². The van der Waals surface area contributed by atoms with E-state index in [4.69, 9.17) is 9.84 Å². The van der Waals surface area contributed by atoms with E-state index in [2.05, 4.69) is 0 Å². The Hall–Kier alpha value is -1.55. The molecule has 2 N–H and O–H groups in total. The molecular formula is C11H12O4. The fourth-order valence-corrected chi connectivity index (χ4v) is 1.83. The zero-order valence-electron chi connectivity index (χ0n) is 8.36. The number of ether oxygens (including phenoxy) is 1. The van der Waals surface area contributed by atoms with Gasteiger partial charge in [0.1, 0.15) is 5.75 Å². The van der Waals surface area contributed by atoms with Gasteiger partial charge in [0, 0.05) is 6.42 Å². The van der Waals surface area contributed by atoms with E-state index in [1.165, 1.54) is 0 Å². The van der Waals surface area contributed by atoms with Crippen LogP contribution >= 0.6 is 0 Å². The Morgan fingerprint density at radius 3 is 2.93 bits per heavy atom. The molecular weight excluding hydrogens is 196 g/mol. The van der Waals surface area contributed by atoms with Crippen LogP contribution < -0.4 is 4.74 Å². The summed E-state index contributed by atoms with van der Waals surface area (Å²) in [4.78, 5) is 10.6. The molecule has 15 heavy (non-hydrogen) atoms. The van der Waals surface area contributed by atoms with E-state index >= 15 is 0 Å². The summed E-state index contributed by atoms with van der Waals surface area (Å²) in [6, 6.07) is 3.36. The van der Waals surface area contributed by atoms with Crippen molar-refractivity contribution in [1.82, 2.24) is 0 Å². The minimum atomic E-state index is -1.45. The highest BCUT2D eigenvalue weighted by atomic mass is 16.5. The lowest BCUT2D eigenvalue weighted by Crippen LogP contribution is -2.10. The van der Waals surface area contributed by atoms with Crippen molar-refractivity contribution in [2.75, 3.05) is 6.61 Å². The molecule has 2 rings (SSSR count). The predicted octanol–water partition coefficient (Wildman–Crippen LogP) is 1.05. The van der Waals surface area contributed by atoms with Crippen LogP contribution in [0.3, 0.4) is 0 Å². The monoisotopic (exact) mass is 208 g/mol. The summed E-state index contributed by atoms with van der Waals surface area (Å²) in [6.07, 6.45) is -0.675. The molecule has 1 unspecified atom stereocenters. The van der Waals surface area contributed by atoms with Crippen molar-refractivity contribution < 1.29 is 19.7 Å². The lowest BCUT2D eigenvalue weighted by Gasteiger charge is -2.10. The number of fused-ring (bicyclic) bond motifs is 1. The molecule has 1 aromatic carbocycles. The highest BCUT2D eigenvalue weighted by molar-refractivity contribution is 5.74. The lowest BCUT2D eigenvalue weighted by atomic mass is 10.0. The SMILES string of the molecule is Cc1cc(C(O)C(=O)O)cc2c1OCC2. The van der Waals surface area contributed by atoms with Crippen LogP contribution in [-0.2, 0) is 11.2 Å². The summed E-state index contributed by atoms with van der Waals surface area (Å²) in [5.74, 6) is -0.399. The van der Waals surface area contributed by atoms with Crippen LogP contribution in [0.1, 0.15) is 22.8 Å². The molecule has 0 amide bonds. The molecule has 0 saturated heterocycles. The number of carbonyl (C=O) groups is 1. The van der Waals surface area contributed by atoms with Crippen LogP contribution in [-0.4, -0.2) is 22.8 Å². The zero-order chi connectivity index (χ0) is 11.0. The molecule has 80 valence electrons. The molecule has 0 aromatic heterocycles. The molecule has 0 bridgehead atoms. The minimum Gasteiger partial charge on any atom is -0.493 e. The van der Waals surface area contributed by atoms with Gasteiger partial charge in [0.15, 0.2) is 6.10 Å². The molecule has 4 heteroatoms. The Morgan fingerprint density at radius 2 is 2.27 bits per heavy atom. The maximum absolute atomic E-state index is 10.6. The number of aliphatic carboxylic acids is 1. The third-order valence-electron chi connectivity index (χ3n) is 2.54. The third-order valence-corrected chi connectivity index (χ3v) is 2.54. The van der Waals surface area contributed by atoms with Gasteiger partial charge in [0.2, 0.25) is 0 Å². The van der Waals surface area contributed by atoms with Gasteiger partial charge in [-0.1, -0.05) is 0 Å². The smallest absolute Gasteiger partial charge is 0.337 e. The Morgan fingerprint density at radius 1 is 1.53 bits per heavy atom. The van der Waals surface area contributed by atoms with Crippen LogP contribution in [0.2, 0.25) is 0 Å². The van der Waals surface area contributed by atoms with Crippen molar-refractivity contribution in [3.8, 4) is 5.75 Å². The summed E-state index contributed by atoms with van der Waals surface area (Å²) in [6.45, 7) is 2.48. The average Bonchev–Trinajstić information content (AvgIpc) is 2.64. The summed E-state index contributed by atoms with van der Waals surface area (Å²) in [5, 5.41) is 18.1. The number of aryl methyl sites for hydroxylation is 1. The van der Waals surface area contributed by atoms with Gasteiger partial charge in [0.05, 0.1) is 6.61 Å². The number of hydrogen-bond donors (Lipinski definition) is 2. The molecule has 4 nitrogen and oxygen atoms in total. The van der Waals surface area contributed by atoms with Crippen LogP contribution in [0.25, 0.3) is 0 Å². The highest BCUT2D eigenvalue weighted by Gasteiger charge is 2.21. The number of benzene rings is 1. The van der Waals surface area contributed by atoms with Crippen LogP contribution in [0.4, 0.5) is 0 Å². The molecule has 0 saturated carbocycles. The maximum atomic E-state index is 10.6. The van der Waals surface area contributed by atoms with Crippen molar-refractivity contribution in [1.29, 1.82) is 0 Å². The van der Waals surface area contributed by atoms with Gasteiger partial charge in [0.25, 0.3) is 0 Å². The molecule has 1 heterocycles. The number of aliphatic hydroxyl groups excluding tert-OH is 1. The normalized spacial score (nSPS) is 15.6. The largest absolute Gasteiger partial charge is 0.493 e. The summed E-state index contributed by atoms with van der Waals surface area (Å²) in [5.41, 5.74) is 2.27. The van der Waals surface area contributed by atoms with E-state index in [0.29, 0.717) is 12.2 Å². The second-order valence-electron chi connectivity index (χ2n) is 3.67. The van der Waals surface area contributed by atoms with Gasteiger partial charge < -0.3 is 14.9 Å². The number of hydrogen-bond acceptors (Lipinski definition) is 3. The van der Waals surface area contributed by atoms with E-state index < -0.39 is 12.1 Å². The molecule has 1 atom stereocenters. The average molecular weight is 208 g/mol. The zero-order valence-corrected chi connectivity index (χ0v) is 8.36. The van der Waals surface area contributed by atoms with E-state index in [-0.39, 0.29) is 0 Å². The van der Waals surface area contributed by atoms with Crippen LogP contribution in [0.5, 0.6) is 5.75 Å². The second kappa shape index (κ2) is 3.55. The Kier molecular flexibility index (Phi) is 2.36. The number of carboxylic acids is 1. The van der Waals surface area contributed by atoms with Crippen molar-refractivity contribution in [3.63, 3.8) is 0 Å². The van der Waals surface area contributed by atoms with Gasteiger partial charge in [-0.2, -0.15) is 0 Å². The van der Waals surface area contributed by atoms with Crippen molar-refractivity contribution in [2.45, 2.75) is 19.4 Å². The standard InChI is InChI=1S/C11H12O4/c1-6-4-8(9(12)11(13)14)5-7-2-3-15-10(6)7/h4-5,9,12H,2-3H2,1H3,(H,13,14). The van der Waals surface area contributed by atoms with Gasteiger partial charge in [-0.05, 0) is 35.7 Å². The predicted molar refractivity (Wildman–Crippen MR) is 53.0 cm³/mol. The first-order valence-electron chi connectivity index (χ1n) is 4.76. The molecule has 0 radical (unpaired) electrons. The van der Waals surface area contributed by atoms with Gasteiger partial charge in [-0.15, -0.1) is 0 Å². The lowest BCUT2D eigenvalue weighted by molar-refractivity contribution is -0.146. The fraction of sp³-hybridized carbons (Fsp3) is 0.364. The highest BCUT2D eigenvalue weighted by Crippen LogP contribution is 2.32. The molecule has 0 spiro atoms. The summed E-state index contributed by atoms with van der Waals surface area (Å²) < 4.78 is 5.40. The van der Waals surface area contributed by atoms with Crippen molar-refractivity contribution in [3.05, 3.63) is 28.8 Å². The van der Waals surface area contributed by atoms with Gasteiger partial charge in [-0.25, -0.2) is 4.79 Å². The molecule has 0 fully saturated rings. The summed E-state index contributed by atoms with van der Waals surface area (Å²) in [7, 11) is 0. The minimum absolute atomic E-state index is 0.421. The van der Waals surface area contributed by atoms with Crippen molar-refractivity contribution in [2.24, 2.45) is 0 Å². The Bertz CT molecular complexity index is 411. The molecule has 0 aliphatic carbocycles. The van der Waals surface area contributed by atoms with Crippen LogP contribution in [0.15, 0.2) is 12.1 Å². The number of carboxylic acid groups (broad SMARTS) is 1. The topological polar surface area (TPSA) is 66.8 Å². The molecule has 1 aliphatic heterocycles. The van der Waals surface area contributed by atoms with Gasteiger partial charge >= 0.3 is 5.97 Å². The first-order valence-corrected chi connectivity index (χ1v) is 4.76. The quantitative estimate of drug-likeness (QED) is 0.762. The van der Waals surface area contributed by atoms with Gasteiger partial charge in [-0.3, -0.25) is 0 Å². The maximum Gasteiger partial charge on any atom is 0.337 e. The number of aliphatic hydroxyl groups is 1. The Balaban J connectivity index is 2.43. The summed E-state index contributed by atoms with van der Waals surface area (Å²) >= 11 is 0. The van der Waals surface area contributed by atoms with E-state index in [9.17, 15) is 9.90 Å². The fourth-order valence-electron chi connectivity index (χ4n) is 1.83. The van der Waals surface area contributed by atoms with E-state index in [1.807, 2.05) is 6.92 Å². The molecule has 1 aliphatic rings. The van der Waals surface area contributed by atoms with E-state index in [0.717, 1.165) is 23.3 Å². The first-order chi connectivity index (χ1) is 7.09. The number of rotatable bonds is 2. The van der Waals surface area contributed by atoms with E-state index in [1.54, 1.807) is 12.1 Å². The second-order valence-corrected chi connectivity index (χ2v) is 3.67. The van der Waals surface area contributed by atoms with Crippen molar-refractivity contribution >= 4 is 5.97 Å². The molecule has 1 aromatic rings.